The van der Waals surface area contributed by atoms with E-state index in [2.05, 4.69) is 11.7 Å². The van der Waals surface area contributed by atoms with Crippen molar-refractivity contribution in [3.63, 3.8) is 0 Å². The van der Waals surface area contributed by atoms with E-state index in [0.29, 0.717) is 16.8 Å². The highest BCUT2D eigenvalue weighted by Crippen LogP contribution is 2.54. The maximum atomic E-state index is 14.5. The summed E-state index contributed by atoms with van der Waals surface area (Å²) in [5, 5.41) is 14.5. The van der Waals surface area contributed by atoms with Gasteiger partial charge in [0.15, 0.2) is 11.2 Å². The highest BCUT2D eigenvalue weighted by Gasteiger charge is 2.59. The van der Waals surface area contributed by atoms with Crippen molar-refractivity contribution in [1.29, 1.82) is 5.26 Å². The third-order valence-electron chi connectivity index (χ3n) is 5.59. The smallest absolute Gasteiger partial charge is 0.349 e. The number of hydrogen-bond acceptors (Lipinski definition) is 3. The second-order valence-corrected chi connectivity index (χ2v) is 8.03. The lowest BCUT2D eigenvalue weighted by Gasteiger charge is -2.40. The molecule has 2 heterocycles. The Labute approximate surface area is 201 Å². The lowest BCUT2D eigenvalue weighted by molar-refractivity contribution is -0.169. The summed E-state index contributed by atoms with van der Waals surface area (Å²) in [7, 11) is 0. The number of nitrogens with zero attached hydrogens (tertiary/aromatic N) is 3. The SMILES string of the molecule is C=CC1(C(F)(F)F)Nc2c(-c3ccccc3C(F)(F)F)c(C#N)nn2-c2c(Cl)cc(C(F)(F)F)cc21. The highest BCUT2D eigenvalue weighted by atomic mass is 35.5. The van der Waals surface area contributed by atoms with Crippen LogP contribution in [-0.2, 0) is 17.9 Å². The minimum absolute atomic E-state index is 0.198. The van der Waals surface area contributed by atoms with Crippen molar-refractivity contribution >= 4 is 17.4 Å². The van der Waals surface area contributed by atoms with Crippen LogP contribution < -0.4 is 5.32 Å². The number of halogens is 10. The standard InChI is InChI=1S/C22H10ClF9N4/c1-2-19(22(30,31)32)13-7-10(20(24,25)26)8-14(23)17(13)36-18(34-19)16(15(9-33)35-36)11-5-3-4-6-12(11)21(27,28)29/h2-8,34H,1H2. The van der Waals surface area contributed by atoms with Gasteiger partial charge in [-0.05, 0) is 18.2 Å². The number of hydrogen-bond donors (Lipinski definition) is 1. The van der Waals surface area contributed by atoms with E-state index < -0.39 is 74.1 Å². The van der Waals surface area contributed by atoms with Crippen LogP contribution in [-0.4, -0.2) is 16.0 Å². The van der Waals surface area contributed by atoms with Gasteiger partial charge in [0.1, 0.15) is 11.9 Å². The van der Waals surface area contributed by atoms with Crippen LogP contribution in [0.15, 0.2) is 49.1 Å². The normalized spacial score (nSPS) is 17.6. The Balaban J connectivity index is 2.18. The van der Waals surface area contributed by atoms with Gasteiger partial charge in [-0.25, -0.2) is 4.68 Å². The third-order valence-corrected chi connectivity index (χ3v) is 5.88. The molecule has 2 aromatic carbocycles. The number of benzene rings is 2. The monoisotopic (exact) mass is 536 g/mol. The molecule has 0 aliphatic carbocycles. The summed E-state index contributed by atoms with van der Waals surface area (Å²) >= 11 is 6.02. The number of nitrogens with one attached hydrogen (secondary N) is 1. The summed E-state index contributed by atoms with van der Waals surface area (Å²) in [6.07, 6.45) is -15.1. The lowest BCUT2D eigenvalue weighted by Crippen LogP contribution is -2.50. The van der Waals surface area contributed by atoms with Crippen LogP contribution in [0.25, 0.3) is 16.8 Å². The molecular formula is C22H10ClF9N4. The van der Waals surface area contributed by atoms with E-state index in [1.54, 1.807) is 0 Å². The van der Waals surface area contributed by atoms with Crippen LogP contribution in [0.3, 0.4) is 0 Å². The first-order valence-corrected chi connectivity index (χ1v) is 10.0. The van der Waals surface area contributed by atoms with Gasteiger partial charge in [-0.15, -0.1) is 6.58 Å². The second kappa shape index (κ2) is 7.92. The molecule has 1 aliphatic heterocycles. The summed E-state index contributed by atoms with van der Waals surface area (Å²) in [4.78, 5) is 0. The van der Waals surface area contributed by atoms with Gasteiger partial charge < -0.3 is 5.32 Å². The highest BCUT2D eigenvalue weighted by molar-refractivity contribution is 6.32. The molecule has 1 unspecified atom stereocenters. The summed E-state index contributed by atoms with van der Waals surface area (Å²) in [6.45, 7) is 3.12. The van der Waals surface area contributed by atoms with Crippen molar-refractivity contribution in [3.05, 3.63) is 76.5 Å². The van der Waals surface area contributed by atoms with E-state index in [1.165, 1.54) is 12.1 Å². The van der Waals surface area contributed by atoms with Crippen LogP contribution in [0.2, 0.25) is 5.02 Å². The Morgan fingerprint density at radius 1 is 1.03 bits per heavy atom. The van der Waals surface area contributed by atoms with Gasteiger partial charge in [0.05, 0.1) is 27.4 Å². The Morgan fingerprint density at radius 3 is 2.19 bits per heavy atom. The molecule has 1 N–H and O–H groups in total. The average Bonchev–Trinajstić information content (AvgIpc) is 3.14. The van der Waals surface area contributed by atoms with Crippen molar-refractivity contribution in [2.24, 2.45) is 0 Å². The molecule has 36 heavy (non-hydrogen) atoms. The quantitative estimate of drug-likeness (QED) is 0.273. The van der Waals surface area contributed by atoms with Gasteiger partial charge in [-0.3, -0.25) is 0 Å². The number of alkyl halides is 9. The molecular weight excluding hydrogens is 527 g/mol. The van der Waals surface area contributed by atoms with E-state index in [9.17, 15) is 44.8 Å². The molecule has 1 atom stereocenters. The molecule has 1 aliphatic rings. The first-order chi connectivity index (χ1) is 16.6. The Morgan fingerprint density at radius 2 is 1.67 bits per heavy atom. The number of nitriles is 1. The number of aromatic nitrogens is 2. The average molecular weight is 537 g/mol. The molecule has 0 spiro atoms. The number of fused-ring (bicyclic) bond motifs is 3. The Hall–Kier alpha value is -3.66. The van der Waals surface area contributed by atoms with Gasteiger partial charge >= 0.3 is 18.5 Å². The summed E-state index contributed by atoms with van der Waals surface area (Å²) < 4.78 is 126. The lowest BCUT2D eigenvalue weighted by atomic mass is 9.84. The van der Waals surface area contributed by atoms with Gasteiger partial charge in [0.25, 0.3) is 0 Å². The van der Waals surface area contributed by atoms with Gasteiger partial charge in [0, 0.05) is 11.1 Å². The van der Waals surface area contributed by atoms with Crippen LogP contribution in [0, 0.1) is 11.3 Å². The van der Waals surface area contributed by atoms with Crippen LogP contribution in [0.1, 0.15) is 22.4 Å². The Bertz CT molecular complexity index is 1430. The maximum Gasteiger partial charge on any atom is 0.419 e. The number of anilines is 1. The fraction of sp³-hybridized carbons (Fsp3) is 0.182. The molecule has 4 nitrogen and oxygen atoms in total. The Kier molecular flexibility index (Phi) is 5.60. The van der Waals surface area contributed by atoms with E-state index in [1.807, 2.05) is 5.32 Å². The molecule has 14 heteroatoms. The summed E-state index contributed by atoms with van der Waals surface area (Å²) in [5.41, 5.74) is -10.0. The first-order valence-electron chi connectivity index (χ1n) is 9.66. The van der Waals surface area contributed by atoms with Gasteiger partial charge in [-0.2, -0.15) is 49.9 Å². The van der Waals surface area contributed by atoms with E-state index in [4.69, 9.17) is 11.6 Å². The number of rotatable bonds is 2. The van der Waals surface area contributed by atoms with E-state index in [0.717, 1.165) is 12.1 Å². The van der Waals surface area contributed by atoms with Gasteiger partial charge in [-0.1, -0.05) is 35.9 Å². The summed E-state index contributed by atoms with van der Waals surface area (Å²) in [6, 6.07) is 5.87. The second-order valence-electron chi connectivity index (χ2n) is 7.63. The fourth-order valence-electron chi connectivity index (χ4n) is 4.01. The molecule has 0 saturated carbocycles. The van der Waals surface area contributed by atoms with Crippen LogP contribution >= 0.6 is 11.6 Å². The van der Waals surface area contributed by atoms with Crippen molar-refractivity contribution < 1.29 is 39.5 Å². The molecule has 0 amide bonds. The summed E-state index contributed by atoms with van der Waals surface area (Å²) in [5.74, 6) is -0.741. The molecule has 0 bridgehead atoms. The molecule has 0 saturated heterocycles. The van der Waals surface area contributed by atoms with Crippen molar-refractivity contribution in [1.82, 2.24) is 9.78 Å². The van der Waals surface area contributed by atoms with Crippen molar-refractivity contribution in [3.8, 4) is 22.9 Å². The fourth-order valence-corrected chi connectivity index (χ4v) is 4.31. The minimum atomic E-state index is -5.36. The first kappa shape index (κ1) is 25.4. The van der Waals surface area contributed by atoms with Crippen LogP contribution in [0.4, 0.5) is 45.3 Å². The van der Waals surface area contributed by atoms with Crippen molar-refractivity contribution in [2.45, 2.75) is 24.1 Å². The topological polar surface area (TPSA) is 53.6 Å². The molecule has 1 aromatic heterocycles. The van der Waals surface area contributed by atoms with E-state index >= 15 is 0 Å². The van der Waals surface area contributed by atoms with Crippen molar-refractivity contribution in [2.75, 3.05) is 5.32 Å². The molecule has 0 radical (unpaired) electrons. The zero-order valence-electron chi connectivity index (χ0n) is 17.4. The predicted octanol–water partition coefficient (Wildman–Crippen LogP) is 7.47. The molecule has 188 valence electrons. The molecule has 3 aromatic rings. The van der Waals surface area contributed by atoms with E-state index in [-0.39, 0.29) is 12.1 Å². The predicted molar refractivity (Wildman–Crippen MR) is 110 cm³/mol. The molecule has 0 fully saturated rings. The maximum absolute atomic E-state index is 14.5. The largest absolute Gasteiger partial charge is 0.419 e. The zero-order chi connectivity index (χ0) is 26.8. The zero-order valence-corrected chi connectivity index (χ0v) is 18.1. The minimum Gasteiger partial charge on any atom is -0.349 e. The van der Waals surface area contributed by atoms with Crippen LogP contribution in [0.5, 0.6) is 0 Å². The third kappa shape index (κ3) is 3.67. The van der Waals surface area contributed by atoms with Gasteiger partial charge in [0.2, 0.25) is 0 Å². The molecule has 4 rings (SSSR count).